The number of nitrogens with one attached hydrogen (secondary N) is 1. The van der Waals surface area contributed by atoms with Gasteiger partial charge in [-0.1, -0.05) is 27.7 Å². The topological polar surface area (TPSA) is 122 Å². The van der Waals surface area contributed by atoms with Crippen LogP contribution in [0.4, 0.5) is 10.7 Å². The number of likely N-dealkylation sites (tertiary alicyclic amines) is 1. The van der Waals surface area contributed by atoms with Crippen molar-refractivity contribution in [2.45, 2.75) is 52.0 Å². The molecule has 0 aromatic carbocycles. The summed E-state index contributed by atoms with van der Waals surface area (Å²) in [6.07, 6.45) is 0.807. The SMILES string of the molecule is CC(C)CN1C(=O)NC(=O)C12CCN(C(=O)c1cc(C(C)C)nc(N)n1)CC2. The lowest BCUT2D eigenvalue weighted by atomic mass is 9.85. The monoisotopic (exact) mass is 388 g/mol. The zero-order chi connectivity index (χ0) is 20.6. The Morgan fingerprint density at radius 2 is 1.86 bits per heavy atom. The maximum atomic E-state index is 12.9. The number of anilines is 1. The molecule has 2 aliphatic heterocycles. The average molecular weight is 388 g/mol. The molecule has 28 heavy (non-hydrogen) atoms. The summed E-state index contributed by atoms with van der Waals surface area (Å²) in [6, 6.07) is 1.33. The molecule has 1 aromatic heterocycles. The lowest BCUT2D eigenvalue weighted by molar-refractivity contribution is -0.129. The van der Waals surface area contributed by atoms with E-state index in [4.69, 9.17) is 5.73 Å². The molecule has 1 spiro atoms. The Morgan fingerprint density at radius 3 is 2.43 bits per heavy atom. The lowest BCUT2D eigenvalue weighted by Gasteiger charge is -2.42. The Balaban J connectivity index is 1.77. The number of aromatic nitrogens is 2. The summed E-state index contributed by atoms with van der Waals surface area (Å²) in [5, 5.41) is 2.44. The Bertz CT molecular complexity index is 799. The molecular weight excluding hydrogens is 360 g/mol. The van der Waals surface area contributed by atoms with Crippen molar-refractivity contribution in [1.29, 1.82) is 0 Å². The van der Waals surface area contributed by atoms with Crippen LogP contribution in [-0.4, -0.2) is 62.8 Å². The molecule has 0 bridgehead atoms. The fourth-order valence-electron chi connectivity index (χ4n) is 3.85. The first kappa shape index (κ1) is 20.0. The first-order chi connectivity index (χ1) is 13.1. The van der Waals surface area contributed by atoms with Gasteiger partial charge in [-0.15, -0.1) is 0 Å². The van der Waals surface area contributed by atoms with Crippen LogP contribution in [0.25, 0.3) is 0 Å². The minimum absolute atomic E-state index is 0.0758. The maximum absolute atomic E-state index is 12.9. The number of hydrogen-bond acceptors (Lipinski definition) is 6. The molecule has 2 saturated heterocycles. The van der Waals surface area contributed by atoms with Gasteiger partial charge in [-0.05, 0) is 30.7 Å². The fraction of sp³-hybridized carbons (Fsp3) is 0.632. The van der Waals surface area contributed by atoms with Crippen molar-refractivity contribution in [3.05, 3.63) is 17.5 Å². The summed E-state index contributed by atoms with van der Waals surface area (Å²) in [4.78, 5) is 49.3. The van der Waals surface area contributed by atoms with Crippen LogP contribution >= 0.6 is 0 Å². The van der Waals surface area contributed by atoms with E-state index in [9.17, 15) is 14.4 Å². The molecule has 0 radical (unpaired) electrons. The van der Waals surface area contributed by atoms with Crippen LogP contribution in [0.5, 0.6) is 0 Å². The number of nitrogens with zero attached hydrogens (tertiary/aromatic N) is 4. The molecule has 9 heteroatoms. The summed E-state index contributed by atoms with van der Waals surface area (Å²) < 4.78 is 0. The van der Waals surface area contributed by atoms with Gasteiger partial charge in [0, 0.05) is 25.3 Å². The molecule has 1 aromatic rings. The number of amides is 4. The minimum atomic E-state index is -0.869. The van der Waals surface area contributed by atoms with Gasteiger partial charge in [-0.2, -0.15) is 0 Å². The van der Waals surface area contributed by atoms with Crippen LogP contribution in [0, 0.1) is 5.92 Å². The number of imide groups is 1. The van der Waals surface area contributed by atoms with Gasteiger partial charge in [0.25, 0.3) is 11.8 Å². The van der Waals surface area contributed by atoms with Gasteiger partial charge in [0.1, 0.15) is 11.2 Å². The predicted octanol–water partition coefficient (Wildman–Crippen LogP) is 1.36. The van der Waals surface area contributed by atoms with E-state index in [0.29, 0.717) is 38.2 Å². The van der Waals surface area contributed by atoms with Crippen LogP contribution in [0.1, 0.15) is 62.6 Å². The maximum Gasteiger partial charge on any atom is 0.325 e. The molecule has 3 heterocycles. The van der Waals surface area contributed by atoms with Crippen LogP contribution in [0.2, 0.25) is 0 Å². The van der Waals surface area contributed by atoms with E-state index in [1.54, 1.807) is 15.9 Å². The van der Waals surface area contributed by atoms with Crippen molar-refractivity contribution < 1.29 is 14.4 Å². The highest BCUT2D eigenvalue weighted by atomic mass is 16.2. The number of rotatable bonds is 4. The smallest absolute Gasteiger partial charge is 0.325 e. The van der Waals surface area contributed by atoms with Crippen molar-refractivity contribution in [1.82, 2.24) is 25.1 Å². The quantitative estimate of drug-likeness (QED) is 0.751. The first-order valence-corrected chi connectivity index (χ1v) is 9.71. The minimum Gasteiger partial charge on any atom is -0.368 e. The summed E-state index contributed by atoms with van der Waals surface area (Å²) in [7, 11) is 0. The third kappa shape index (κ3) is 3.53. The molecule has 0 atom stereocenters. The zero-order valence-electron chi connectivity index (χ0n) is 16.9. The summed E-state index contributed by atoms with van der Waals surface area (Å²) in [5.74, 6) is -0.0533. The van der Waals surface area contributed by atoms with E-state index >= 15 is 0 Å². The second-order valence-electron chi connectivity index (χ2n) is 8.28. The number of nitrogen functional groups attached to an aromatic ring is 1. The van der Waals surface area contributed by atoms with Gasteiger partial charge >= 0.3 is 6.03 Å². The zero-order valence-corrected chi connectivity index (χ0v) is 16.9. The first-order valence-electron chi connectivity index (χ1n) is 9.71. The third-order valence-electron chi connectivity index (χ3n) is 5.40. The number of piperidine rings is 1. The molecule has 4 amide bonds. The van der Waals surface area contributed by atoms with Gasteiger partial charge in [0.15, 0.2) is 0 Å². The van der Waals surface area contributed by atoms with Crippen LogP contribution in [0.3, 0.4) is 0 Å². The molecule has 0 saturated carbocycles. The molecule has 0 aliphatic carbocycles. The van der Waals surface area contributed by atoms with E-state index < -0.39 is 5.54 Å². The Kier molecular flexibility index (Phi) is 5.27. The third-order valence-corrected chi connectivity index (χ3v) is 5.40. The molecule has 3 rings (SSSR count). The molecular formula is C19H28N6O3. The standard InChI is InChI=1S/C19H28N6O3/c1-11(2)10-25-18(28)23-16(27)19(25)5-7-24(8-6-19)15(26)14-9-13(12(3)4)21-17(20)22-14/h9,11-12H,5-8,10H2,1-4H3,(H2,20,21,22)(H,23,27,28). The molecule has 2 aliphatic rings. The largest absolute Gasteiger partial charge is 0.368 e. The number of carbonyl (C=O) groups is 3. The molecule has 9 nitrogen and oxygen atoms in total. The van der Waals surface area contributed by atoms with Crippen LogP contribution in [0.15, 0.2) is 6.07 Å². The second kappa shape index (κ2) is 7.37. The summed E-state index contributed by atoms with van der Waals surface area (Å²) in [5.41, 5.74) is 5.88. The van der Waals surface area contributed by atoms with E-state index in [2.05, 4.69) is 15.3 Å². The predicted molar refractivity (Wildman–Crippen MR) is 103 cm³/mol. The molecule has 152 valence electrons. The van der Waals surface area contributed by atoms with Gasteiger partial charge < -0.3 is 15.5 Å². The Hall–Kier alpha value is -2.71. The molecule has 0 unspecified atom stereocenters. The number of carbonyl (C=O) groups excluding carboxylic acids is 3. The van der Waals surface area contributed by atoms with Gasteiger partial charge in [0.2, 0.25) is 5.95 Å². The summed E-state index contributed by atoms with van der Waals surface area (Å²) in [6.45, 7) is 9.21. The van der Waals surface area contributed by atoms with Crippen molar-refractivity contribution >= 4 is 23.8 Å². The lowest BCUT2D eigenvalue weighted by Crippen LogP contribution is -2.58. The molecule has 3 N–H and O–H groups in total. The molecule has 2 fully saturated rings. The second-order valence-corrected chi connectivity index (χ2v) is 8.28. The number of urea groups is 1. The van der Waals surface area contributed by atoms with Crippen LogP contribution < -0.4 is 11.1 Å². The van der Waals surface area contributed by atoms with Crippen LogP contribution in [-0.2, 0) is 4.79 Å². The van der Waals surface area contributed by atoms with Gasteiger partial charge in [0.05, 0.1) is 0 Å². The van der Waals surface area contributed by atoms with Crippen molar-refractivity contribution in [3.8, 4) is 0 Å². The fourth-order valence-corrected chi connectivity index (χ4v) is 3.85. The number of hydrogen-bond donors (Lipinski definition) is 2. The highest BCUT2D eigenvalue weighted by Crippen LogP contribution is 2.34. The van der Waals surface area contributed by atoms with Crippen molar-refractivity contribution in [2.75, 3.05) is 25.4 Å². The van der Waals surface area contributed by atoms with E-state index in [-0.39, 0.29) is 41.3 Å². The van der Waals surface area contributed by atoms with E-state index in [1.165, 1.54) is 0 Å². The normalized spacial score (nSPS) is 19.1. The summed E-state index contributed by atoms with van der Waals surface area (Å²) >= 11 is 0. The van der Waals surface area contributed by atoms with Gasteiger partial charge in [-0.25, -0.2) is 14.8 Å². The van der Waals surface area contributed by atoms with E-state index in [0.717, 1.165) is 0 Å². The van der Waals surface area contributed by atoms with Crippen molar-refractivity contribution in [3.63, 3.8) is 0 Å². The Labute approximate surface area is 164 Å². The van der Waals surface area contributed by atoms with Gasteiger partial charge in [-0.3, -0.25) is 14.9 Å². The van der Waals surface area contributed by atoms with E-state index in [1.807, 2.05) is 27.7 Å². The highest BCUT2D eigenvalue weighted by molar-refractivity contribution is 6.07. The highest BCUT2D eigenvalue weighted by Gasteiger charge is 2.54. The number of nitrogens with two attached hydrogens (primary N) is 1. The van der Waals surface area contributed by atoms with Crippen molar-refractivity contribution in [2.24, 2.45) is 5.92 Å². The average Bonchev–Trinajstić information content (AvgIpc) is 2.85. The Morgan fingerprint density at radius 1 is 1.21 bits per heavy atom.